The highest BCUT2D eigenvalue weighted by Gasteiger charge is 2.22. The number of aryl methyl sites for hydroxylation is 1. The van der Waals surface area contributed by atoms with Crippen molar-refractivity contribution in [1.29, 1.82) is 5.26 Å². The summed E-state index contributed by atoms with van der Waals surface area (Å²) in [5.74, 6) is 0.265. The molecule has 0 saturated carbocycles. The maximum Gasteiger partial charge on any atom is 0.237 e. The number of nitrogens with zero attached hydrogens (tertiary/aromatic N) is 3. The largest absolute Gasteiger partial charge is 0.315 e. The van der Waals surface area contributed by atoms with Crippen LogP contribution in [0.25, 0.3) is 0 Å². The number of benzene rings is 1. The Labute approximate surface area is 146 Å². The molecule has 0 atom stereocenters. The second-order valence-corrected chi connectivity index (χ2v) is 6.84. The first kappa shape index (κ1) is 16.5. The van der Waals surface area contributed by atoms with Crippen LogP contribution in [0.1, 0.15) is 28.8 Å². The lowest BCUT2D eigenvalue weighted by molar-refractivity contribution is -0.115. The summed E-state index contributed by atoms with van der Waals surface area (Å²) in [6.07, 6.45) is 3.02. The smallest absolute Gasteiger partial charge is 0.237 e. The number of aromatic nitrogens is 1. The Kier molecular flexibility index (Phi) is 4.86. The van der Waals surface area contributed by atoms with Crippen LogP contribution in [-0.2, 0) is 17.6 Å². The number of anilines is 1. The van der Waals surface area contributed by atoms with E-state index in [1.807, 2.05) is 37.3 Å². The summed E-state index contributed by atoms with van der Waals surface area (Å²) in [5.41, 5.74) is 4.88. The van der Waals surface area contributed by atoms with Gasteiger partial charge in [-0.15, -0.1) is 0 Å². The van der Waals surface area contributed by atoms with Crippen molar-refractivity contribution in [2.24, 2.45) is 0 Å². The molecule has 4 nitrogen and oxygen atoms in total. The van der Waals surface area contributed by atoms with E-state index in [2.05, 4.69) is 11.1 Å². The highest BCUT2D eigenvalue weighted by Crippen LogP contribution is 2.33. The average Bonchev–Trinajstić information content (AvgIpc) is 3.10. The quantitative estimate of drug-likeness (QED) is 0.801. The van der Waals surface area contributed by atoms with Gasteiger partial charge in [0.25, 0.3) is 0 Å². The minimum absolute atomic E-state index is 0.00459. The van der Waals surface area contributed by atoms with E-state index >= 15 is 0 Å². The zero-order chi connectivity index (χ0) is 17.1. The summed E-state index contributed by atoms with van der Waals surface area (Å²) in [5, 5.41) is 10.2. The van der Waals surface area contributed by atoms with E-state index in [0.29, 0.717) is 10.6 Å². The van der Waals surface area contributed by atoms with Crippen molar-refractivity contribution in [3.05, 3.63) is 52.7 Å². The van der Waals surface area contributed by atoms with Crippen molar-refractivity contribution >= 4 is 23.4 Å². The number of pyridine rings is 1. The average molecular weight is 337 g/mol. The van der Waals surface area contributed by atoms with Gasteiger partial charge in [0.05, 0.1) is 11.3 Å². The van der Waals surface area contributed by atoms with Crippen LogP contribution in [0.15, 0.2) is 35.4 Å². The zero-order valence-corrected chi connectivity index (χ0v) is 14.7. The molecule has 2 aromatic rings. The van der Waals surface area contributed by atoms with Crippen LogP contribution in [-0.4, -0.2) is 23.7 Å². The Bertz CT molecular complexity index is 812. The number of amides is 1. The third-order valence-corrected chi connectivity index (χ3v) is 5.36. The molecular formula is C19H19N3OS. The number of rotatable bonds is 4. The van der Waals surface area contributed by atoms with Crippen LogP contribution >= 0.6 is 11.8 Å². The van der Waals surface area contributed by atoms with E-state index in [9.17, 15) is 10.1 Å². The van der Waals surface area contributed by atoms with Crippen molar-refractivity contribution in [3.63, 3.8) is 0 Å². The zero-order valence-electron chi connectivity index (χ0n) is 13.9. The fourth-order valence-electron chi connectivity index (χ4n) is 3.07. The number of carbonyl (C=O) groups is 1. The Hall–Kier alpha value is -2.32. The second-order valence-electron chi connectivity index (χ2n) is 5.88. The first-order valence-electron chi connectivity index (χ1n) is 7.98. The number of thioether (sulfide) groups is 1. The van der Waals surface area contributed by atoms with Crippen LogP contribution in [0.3, 0.4) is 0 Å². The molecule has 0 radical (unpaired) electrons. The van der Waals surface area contributed by atoms with Gasteiger partial charge in [-0.25, -0.2) is 4.98 Å². The molecule has 0 aliphatic heterocycles. The lowest BCUT2D eigenvalue weighted by Crippen LogP contribution is -2.27. The lowest BCUT2D eigenvalue weighted by Gasteiger charge is -2.17. The SMILES string of the molecule is Cc1nc(SCC(=O)N(C)c2ccccc2)c(C#N)c2c1CCC2. The van der Waals surface area contributed by atoms with Gasteiger partial charge in [-0.05, 0) is 49.4 Å². The van der Waals surface area contributed by atoms with E-state index in [1.54, 1.807) is 11.9 Å². The van der Waals surface area contributed by atoms with Crippen molar-refractivity contribution in [2.45, 2.75) is 31.2 Å². The van der Waals surface area contributed by atoms with E-state index in [1.165, 1.54) is 17.3 Å². The maximum absolute atomic E-state index is 12.4. The molecule has 0 bridgehead atoms. The summed E-state index contributed by atoms with van der Waals surface area (Å²) in [7, 11) is 1.77. The second kappa shape index (κ2) is 7.06. The highest BCUT2D eigenvalue weighted by atomic mass is 32.2. The summed E-state index contributed by atoms with van der Waals surface area (Å²) >= 11 is 1.36. The van der Waals surface area contributed by atoms with Gasteiger partial charge in [-0.1, -0.05) is 30.0 Å². The van der Waals surface area contributed by atoms with Crippen LogP contribution < -0.4 is 4.90 Å². The molecule has 3 rings (SSSR count). The summed E-state index contributed by atoms with van der Waals surface area (Å²) in [6.45, 7) is 1.99. The number of hydrogen-bond acceptors (Lipinski definition) is 4. The summed E-state index contributed by atoms with van der Waals surface area (Å²) in [4.78, 5) is 18.7. The molecule has 1 aliphatic rings. The third kappa shape index (κ3) is 3.15. The normalized spacial score (nSPS) is 12.5. The van der Waals surface area contributed by atoms with E-state index < -0.39 is 0 Å². The lowest BCUT2D eigenvalue weighted by atomic mass is 10.1. The number of para-hydroxylation sites is 1. The topological polar surface area (TPSA) is 57.0 Å². The molecule has 0 N–H and O–H groups in total. The first-order chi connectivity index (χ1) is 11.6. The monoisotopic (exact) mass is 337 g/mol. The Morgan fingerprint density at radius 3 is 2.71 bits per heavy atom. The fraction of sp³-hybridized carbons (Fsp3) is 0.316. The maximum atomic E-state index is 12.4. The predicted molar refractivity (Wildman–Crippen MR) is 96.3 cm³/mol. The van der Waals surface area contributed by atoms with Gasteiger partial charge in [0.2, 0.25) is 5.91 Å². The molecule has 0 fully saturated rings. The molecular weight excluding hydrogens is 318 g/mol. The van der Waals surface area contributed by atoms with Crippen LogP contribution in [0.5, 0.6) is 0 Å². The first-order valence-corrected chi connectivity index (χ1v) is 8.97. The third-order valence-electron chi connectivity index (χ3n) is 4.40. The summed E-state index contributed by atoms with van der Waals surface area (Å²) in [6, 6.07) is 11.8. The summed E-state index contributed by atoms with van der Waals surface area (Å²) < 4.78 is 0. The molecule has 24 heavy (non-hydrogen) atoms. The fourth-order valence-corrected chi connectivity index (χ4v) is 4.03. The molecule has 1 aromatic carbocycles. The molecule has 122 valence electrons. The Morgan fingerprint density at radius 2 is 2.00 bits per heavy atom. The standard InChI is InChI=1S/C19H19N3OS/c1-13-15-9-6-10-16(15)17(11-20)19(21-13)24-12-18(23)22(2)14-7-4-3-5-8-14/h3-5,7-8H,6,9-10,12H2,1-2H3. The number of hydrogen-bond donors (Lipinski definition) is 0. The highest BCUT2D eigenvalue weighted by molar-refractivity contribution is 8.00. The Balaban J connectivity index is 1.77. The van der Waals surface area contributed by atoms with Crippen molar-refractivity contribution in [3.8, 4) is 6.07 Å². The van der Waals surface area contributed by atoms with Gasteiger partial charge in [0.15, 0.2) is 0 Å². The number of fused-ring (bicyclic) bond motifs is 1. The molecule has 1 aromatic heterocycles. The molecule has 0 spiro atoms. The molecule has 1 amide bonds. The van der Waals surface area contributed by atoms with Crippen molar-refractivity contribution in [2.75, 3.05) is 17.7 Å². The van der Waals surface area contributed by atoms with Crippen molar-refractivity contribution in [1.82, 2.24) is 4.98 Å². The van der Waals surface area contributed by atoms with Gasteiger partial charge < -0.3 is 4.90 Å². The number of carbonyl (C=O) groups excluding carboxylic acids is 1. The Morgan fingerprint density at radius 1 is 1.29 bits per heavy atom. The number of nitriles is 1. The van der Waals surface area contributed by atoms with E-state index in [-0.39, 0.29) is 11.7 Å². The molecule has 1 heterocycles. The van der Waals surface area contributed by atoms with Gasteiger partial charge in [0, 0.05) is 18.4 Å². The molecule has 0 saturated heterocycles. The molecule has 0 unspecified atom stereocenters. The van der Waals surface area contributed by atoms with Crippen LogP contribution in [0.2, 0.25) is 0 Å². The van der Waals surface area contributed by atoms with E-state index in [0.717, 1.165) is 36.2 Å². The molecule has 5 heteroatoms. The molecule has 1 aliphatic carbocycles. The van der Waals surface area contributed by atoms with Crippen molar-refractivity contribution < 1.29 is 4.79 Å². The van der Waals surface area contributed by atoms with Crippen LogP contribution in [0.4, 0.5) is 5.69 Å². The van der Waals surface area contributed by atoms with Gasteiger partial charge >= 0.3 is 0 Å². The van der Waals surface area contributed by atoms with Gasteiger partial charge in [-0.2, -0.15) is 5.26 Å². The minimum Gasteiger partial charge on any atom is -0.315 e. The van der Waals surface area contributed by atoms with Gasteiger partial charge in [0.1, 0.15) is 11.1 Å². The van der Waals surface area contributed by atoms with Crippen LogP contribution in [0, 0.1) is 18.3 Å². The van der Waals surface area contributed by atoms with E-state index in [4.69, 9.17) is 0 Å². The minimum atomic E-state index is -0.00459. The van der Waals surface area contributed by atoms with Gasteiger partial charge in [-0.3, -0.25) is 4.79 Å². The predicted octanol–water partition coefficient (Wildman–Crippen LogP) is 3.51.